The predicted octanol–water partition coefficient (Wildman–Crippen LogP) is 1.48. The molecule has 0 fully saturated rings. The lowest BCUT2D eigenvalue weighted by atomic mass is 10.2. The van der Waals surface area contributed by atoms with Gasteiger partial charge in [0, 0.05) is 12.4 Å². The van der Waals surface area contributed by atoms with E-state index in [0.717, 1.165) is 0 Å². The largest absolute Gasteiger partial charge is 0.478 e. The van der Waals surface area contributed by atoms with Crippen molar-refractivity contribution in [2.24, 2.45) is 0 Å². The molecule has 5 heteroatoms. The van der Waals surface area contributed by atoms with Gasteiger partial charge in [-0.15, -0.1) is 0 Å². The van der Waals surface area contributed by atoms with Crippen molar-refractivity contribution < 1.29 is 14.6 Å². The highest BCUT2D eigenvalue weighted by atomic mass is 16.5. The molecule has 0 aliphatic carbocycles. The molecule has 2 N–H and O–H groups in total. The second-order valence-electron chi connectivity index (χ2n) is 3.50. The second-order valence-corrected chi connectivity index (χ2v) is 3.50. The van der Waals surface area contributed by atoms with Crippen molar-refractivity contribution in [1.29, 1.82) is 0 Å². The first-order valence-electron chi connectivity index (χ1n) is 5.18. The standard InChI is InChI=1S/C12H12N2O3/c15-12(16)10(8-11-13-6-7-14-11)17-9-4-2-1-3-5-9/h1-7,10H,8H2,(H,13,14)(H,15,16). The lowest BCUT2D eigenvalue weighted by Crippen LogP contribution is -2.29. The summed E-state index contributed by atoms with van der Waals surface area (Å²) in [6, 6.07) is 8.87. The highest BCUT2D eigenvalue weighted by Crippen LogP contribution is 2.12. The molecule has 2 aromatic rings. The molecule has 1 unspecified atom stereocenters. The van der Waals surface area contributed by atoms with E-state index in [9.17, 15) is 4.79 Å². The number of H-pyrrole nitrogens is 1. The van der Waals surface area contributed by atoms with Crippen LogP contribution in [0, 0.1) is 0 Å². The van der Waals surface area contributed by atoms with E-state index in [4.69, 9.17) is 9.84 Å². The van der Waals surface area contributed by atoms with Crippen LogP contribution >= 0.6 is 0 Å². The summed E-state index contributed by atoms with van der Waals surface area (Å²) >= 11 is 0. The van der Waals surface area contributed by atoms with Gasteiger partial charge < -0.3 is 14.8 Å². The Morgan fingerprint density at radius 3 is 2.76 bits per heavy atom. The summed E-state index contributed by atoms with van der Waals surface area (Å²) in [5.41, 5.74) is 0. The van der Waals surface area contributed by atoms with Gasteiger partial charge in [0.25, 0.3) is 0 Å². The molecule has 0 bridgehead atoms. The van der Waals surface area contributed by atoms with Crippen LogP contribution in [0.25, 0.3) is 0 Å². The third kappa shape index (κ3) is 3.07. The number of benzene rings is 1. The number of carboxylic acids is 1. The summed E-state index contributed by atoms with van der Waals surface area (Å²) in [5.74, 6) is 0.116. The Morgan fingerprint density at radius 1 is 1.41 bits per heavy atom. The molecule has 1 aromatic heterocycles. The number of imidazole rings is 1. The molecule has 1 atom stereocenters. The van der Waals surface area contributed by atoms with Crippen molar-refractivity contribution in [3.05, 3.63) is 48.5 Å². The molecule has 1 heterocycles. The van der Waals surface area contributed by atoms with Gasteiger partial charge in [0.05, 0.1) is 6.42 Å². The second kappa shape index (κ2) is 5.16. The highest BCUT2D eigenvalue weighted by molar-refractivity contribution is 5.73. The molecule has 0 aliphatic rings. The Hall–Kier alpha value is -2.30. The van der Waals surface area contributed by atoms with Gasteiger partial charge in [-0.1, -0.05) is 18.2 Å². The molecule has 0 radical (unpaired) electrons. The van der Waals surface area contributed by atoms with Gasteiger partial charge in [0.2, 0.25) is 6.10 Å². The molecule has 0 saturated heterocycles. The third-order valence-corrected chi connectivity index (χ3v) is 2.23. The fraction of sp³-hybridized carbons (Fsp3) is 0.167. The van der Waals surface area contributed by atoms with Gasteiger partial charge in [0.1, 0.15) is 11.6 Å². The number of carboxylic acid groups (broad SMARTS) is 1. The molecular formula is C12H12N2O3. The van der Waals surface area contributed by atoms with Gasteiger partial charge >= 0.3 is 5.97 Å². The molecule has 0 spiro atoms. The normalized spacial score (nSPS) is 12.0. The van der Waals surface area contributed by atoms with E-state index in [2.05, 4.69) is 9.97 Å². The predicted molar refractivity (Wildman–Crippen MR) is 60.8 cm³/mol. The molecule has 2 rings (SSSR count). The maximum atomic E-state index is 11.1. The maximum absolute atomic E-state index is 11.1. The number of carbonyl (C=O) groups is 1. The van der Waals surface area contributed by atoms with Crippen LogP contribution in [0.5, 0.6) is 5.75 Å². The molecule has 88 valence electrons. The van der Waals surface area contributed by atoms with Crippen molar-refractivity contribution >= 4 is 5.97 Å². The van der Waals surface area contributed by atoms with Crippen molar-refractivity contribution in [1.82, 2.24) is 9.97 Å². The smallest absolute Gasteiger partial charge is 0.345 e. The Morgan fingerprint density at radius 2 is 2.18 bits per heavy atom. The zero-order chi connectivity index (χ0) is 12.1. The van der Waals surface area contributed by atoms with Crippen molar-refractivity contribution in [2.45, 2.75) is 12.5 Å². The van der Waals surface area contributed by atoms with Crippen LogP contribution in [0.4, 0.5) is 0 Å². The van der Waals surface area contributed by atoms with Crippen molar-refractivity contribution in [2.75, 3.05) is 0 Å². The third-order valence-electron chi connectivity index (χ3n) is 2.23. The Bertz CT molecular complexity index is 468. The van der Waals surface area contributed by atoms with E-state index < -0.39 is 12.1 Å². The van der Waals surface area contributed by atoms with Crippen molar-refractivity contribution in [3.63, 3.8) is 0 Å². The number of aromatic amines is 1. The van der Waals surface area contributed by atoms with E-state index in [1.54, 1.807) is 36.7 Å². The number of nitrogens with one attached hydrogen (secondary N) is 1. The van der Waals surface area contributed by atoms with E-state index in [0.29, 0.717) is 11.6 Å². The van der Waals surface area contributed by atoms with Crippen LogP contribution in [-0.2, 0) is 11.2 Å². The molecule has 17 heavy (non-hydrogen) atoms. The summed E-state index contributed by atoms with van der Waals surface area (Å²) in [7, 11) is 0. The van der Waals surface area contributed by atoms with Crippen LogP contribution in [0.15, 0.2) is 42.7 Å². The van der Waals surface area contributed by atoms with Gasteiger partial charge in [0.15, 0.2) is 0 Å². The van der Waals surface area contributed by atoms with Crippen LogP contribution in [-0.4, -0.2) is 27.1 Å². The number of aliphatic carboxylic acids is 1. The molecule has 5 nitrogen and oxygen atoms in total. The lowest BCUT2D eigenvalue weighted by molar-refractivity contribution is -0.145. The van der Waals surface area contributed by atoms with Gasteiger partial charge in [-0.3, -0.25) is 0 Å². The summed E-state index contributed by atoms with van der Waals surface area (Å²) in [6.45, 7) is 0. The van der Waals surface area contributed by atoms with Crippen LogP contribution in [0.2, 0.25) is 0 Å². The minimum atomic E-state index is -1.01. The summed E-state index contributed by atoms with van der Waals surface area (Å²) < 4.78 is 5.39. The van der Waals surface area contributed by atoms with E-state index in [-0.39, 0.29) is 6.42 Å². The number of hydrogen-bond acceptors (Lipinski definition) is 3. The average molecular weight is 232 g/mol. The van der Waals surface area contributed by atoms with Crippen LogP contribution < -0.4 is 4.74 Å². The summed E-state index contributed by atoms with van der Waals surface area (Å²) in [4.78, 5) is 17.9. The Balaban J connectivity index is 2.06. The zero-order valence-corrected chi connectivity index (χ0v) is 9.04. The lowest BCUT2D eigenvalue weighted by Gasteiger charge is -2.13. The monoisotopic (exact) mass is 232 g/mol. The first-order valence-corrected chi connectivity index (χ1v) is 5.18. The minimum absolute atomic E-state index is 0.206. The molecule has 0 aliphatic heterocycles. The SMILES string of the molecule is O=C(O)C(Cc1ncc[nH]1)Oc1ccccc1. The fourth-order valence-corrected chi connectivity index (χ4v) is 1.43. The number of nitrogens with zero attached hydrogens (tertiary/aromatic N) is 1. The van der Waals surface area contributed by atoms with E-state index >= 15 is 0 Å². The van der Waals surface area contributed by atoms with E-state index in [1.807, 2.05) is 6.07 Å². The van der Waals surface area contributed by atoms with Gasteiger partial charge in [-0.25, -0.2) is 9.78 Å². The Kier molecular flexibility index (Phi) is 3.40. The van der Waals surface area contributed by atoms with Crippen molar-refractivity contribution in [3.8, 4) is 5.75 Å². The fourth-order valence-electron chi connectivity index (χ4n) is 1.43. The first kappa shape index (κ1) is 11.2. The number of rotatable bonds is 5. The van der Waals surface area contributed by atoms with E-state index in [1.165, 1.54) is 0 Å². The molecular weight excluding hydrogens is 220 g/mol. The quantitative estimate of drug-likeness (QED) is 0.818. The maximum Gasteiger partial charge on any atom is 0.345 e. The van der Waals surface area contributed by atoms with Gasteiger partial charge in [-0.2, -0.15) is 0 Å². The molecule has 0 saturated carbocycles. The van der Waals surface area contributed by atoms with Gasteiger partial charge in [-0.05, 0) is 12.1 Å². The number of aromatic nitrogens is 2. The number of para-hydroxylation sites is 1. The topological polar surface area (TPSA) is 75.2 Å². The minimum Gasteiger partial charge on any atom is -0.478 e. The van der Waals surface area contributed by atoms with Crippen LogP contribution in [0.3, 0.4) is 0 Å². The zero-order valence-electron chi connectivity index (χ0n) is 9.04. The molecule has 1 aromatic carbocycles. The average Bonchev–Trinajstić information content (AvgIpc) is 2.82. The molecule has 0 amide bonds. The number of ether oxygens (including phenoxy) is 1. The summed E-state index contributed by atoms with van der Waals surface area (Å²) in [6.07, 6.45) is 2.49. The Labute approximate surface area is 98.1 Å². The first-order chi connectivity index (χ1) is 8.25. The number of hydrogen-bond donors (Lipinski definition) is 2. The summed E-state index contributed by atoms with van der Waals surface area (Å²) in [5, 5.41) is 9.07. The highest BCUT2D eigenvalue weighted by Gasteiger charge is 2.21. The van der Waals surface area contributed by atoms with Crippen LogP contribution in [0.1, 0.15) is 5.82 Å².